The zero-order valence-electron chi connectivity index (χ0n) is 12.9. The van der Waals surface area contributed by atoms with Crippen molar-refractivity contribution in [3.8, 4) is 0 Å². The highest BCUT2D eigenvalue weighted by molar-refractivity contribution is 6.04. The molecule has 0 saturated heterocycles. The molecule has 2 N–H and O–H groups in total. The number of hydrogen-bond donors (Lipinski definition) is 2. The highest BCUT2D eigenvalue weighted by Gasteiger charge is 2.21. The summed E-state index contributed by atoms with van der Waals surface area (Å²) in [4.78, 5) is 14.8. The smallest absolute Gasteiger partial charge is 0.337 e. The van der Waals surface area contributed by atoms with E-state index in [1.807, 2.05) is 6.92 Å². The van der Waals surface area contributed by atoms with Crippen molar-refractivity contribution in [3.63, 3.8) is 0 Å². The van der Waals surface area contributed by atoms with Crippen LogP contribution in [0.25, 0.3) is 10.9 Å². The first-order valence-corrected chi connectivity index (χ1v) is 7.14. The first-order chi connectivity index (χ1) is 9.25. The molecule has 0 fully saturated rings. The maximum absolute atomic E-state index is 11.6. The van der Waals surface area contributed by atoms with E-state index in [0.717, 1.165) is 35.0 Å². The molecule has 0 aliphatic carbocycles. The number of carboxylic acid groups (broad SMARTS) is 1. The molecule has 0 amide bonds. The predicted molar refractivity (Wildman–Crippen MR) is 82.7 cm³/mol. The second-order valence-electron chi connectivity index (χ2n) is 6.48. The SMILES string of the molecule is CCCc1c(C)[nH]c2c(C(=O)O)cc(C(C)(C)C)cc12. The Balaban J connectivity index is 2.83. The second kappa shape index (κ2) is 4.97. The predicted octanol–water partition coefficient (Wildman–Crippen LogP) is 4.42. The lowest BCUT2D eigenvalue weighted by atomic mass is 9.84. The molecule has 2 aromatic rings. The van der Waals surface area contributed by atoms with Crippen LogP contribution in [0.4, 0.5) is 0 Å². The second-order valence-corrected chi connectivity index (χ2v) is 6.48. The number of aromatic carboxylic acids is 1. The Kier molecular flexibility index (Phi) is 3.63. The van der Waals surface area contributed by atoms with Gasteiger partial charge in [-0.15, -0.1) is 0 Å². The summed E-state index contributed by atoms with van der Waals surface area (Å²) in [5.74, 6) is -0.870. The molecule has 1 heterocycles. The molecule has 1 aromatic heterocycles. The average Bonchev–Trinajstić information content (AvgIpc) is 2.64. The molecular weight excluding hydrogens is 250 g/mol. The van der Waals surface area contributed by atoms with Crippen LogP contribution in [0.15, 0.2) is 12.1 Å². The molecule has 20 heavy (non-hydrogen) atoms. The summed E-state index contributed by atoms with van der Waals surface area (Å²) in [6, 6.07) is 3.95. The Bertz CT molecular complexity index is 660. The maximum atomic E-state index is 11.6. The minimum absolute atomic E-state index is 0.0625. The third-order valence-corrected chi connectivity index (χ3v) is 3.83. The van der Waals surface area contributed by atoms with Crippen LogP contribution < -0.4 is 0 Å². The van der Waals surface area contributed by atoms with Crippen molar-refractivity contribution in [2.75, 3.05) is 0 Å². The van der Waals surface area contributed by atoms with Crippen molar-refractivity contribution in [1.82, 2.24) is 4.98 Å². The molecule has 108 valence electrons. The van der Waals surface area contributed by atoms with Gasteiger partial charge in [0.1, 0.15) is 0 Å². The van der Waals surface area contributed by atoms with Crippen LogP contribution in [0.1, 0.15) is 61.3 Å². The number of aromatic amines is 1. The number of benzene rings is 1. The van der Waals surface area contributed by atoms with Gasteiger partial charge in [-0.05, 0) is 42.0 Å². The van der Waals surface area contributed by atoms with Gasteiger partial charge < -0.3 is 10.1 Å². The quantitative estimate of drug-likeness (QED) is 0.869. The molecule has 0 aliphatic rings. The van der Waals surface area contributed by atoms with Crippen molar-refractivity contribution in [1.29, 1.82) is 0 Å². The normalized spacial score (nSPS) is 12.1. The Labute approximate surface area is 120 Å². The van der Waals surface area contributed by atoms with E-state index in [9.17, 15) is 9.90 Å². The lowest BCUT2D eigenvalue weighted by molar-refractivity contribution is 0.0698. The molecule has 0 aliphatic heterocycles. The molecule has 2 rings (SSSR count). The monoisotopic (exact) mass is 273 g/mol. The fourth-order valence-corrected chi connectivity index (χ4v) is 2.65. The molecule has 0 saturated carbocycles. The number of rotatable bonds is 3. The molecule has 3 nitrogen and oxygen atoms in total. The average molecular weight is 273 g/mol. The van der Waals surface area contributed by atoms with Gasteiger partial charge in [-0.1, -0.05) is 34.1 Å². The van der Waals surface area contributed by atoms with E-state index in [4.69, 9.17) is 0 Å². The number of nitrogens with one attached hydrogen (secondary N) is 1. The van der Waals surface area contributed by atoms with Gasteiger partial charge >= 0.3 is 5.97 Å². The van der Waals surface area contributed by atoms with E-state index in [1.165, 1.54) is 5.56 Å². The Morgan fingerprint density at radius 1 is 1.30 bits per heavy atom. The van der Waals surface area contributed by atoms with E-state index in [-0.39, 0.29) is 5.41 Å². The van der Waals surface area contributed by atoms with Crippen LogP contribution in [0.3, 0.4) is 0 Å². The van der Waals surface area contributed by atoms with E-state index in [2.05, 4.69) is 38.7 Å². The maximum Gasteiger partial charge on any atom is 0.337 e. The van der Waals surface area contributed by atoms with Gasteiger partial charge in [-0.3, -0.25) is 0 Å². The number of carboxylic acids is 1. The Morgan fingerprint density at radius 3 is 2.45 bits per heavy atom. The Hall–Kier alpha value is -1.77. The molecule has 0 unspecified atom stereocenters. The largest absolute Gasteiger partial charge is 0.478 e. The molecule has 1 aromatic carbocycles. The molecule has 0 spiro atoms. The minimum atomic E-state index is -0.870. The van der Waals surface area contributed by atoms with Gasteiger partial charge in [0.05, 0.1) is 11.1 Å². The third kappa shape index (κ3) is 2.45. The first kappa shape index (κ1) is 14.6. The fraction of sp³-hybridized carbons (Fsp3) is 0.471. The molecular formula is C17H23NO2. The van der Waals surface area contributed by atoms with Crippen LogP contribution in [0.2, 0.25) is 0 Å². The molecule has 0 bridgehead atoms. The molecule has 3 heteroatoms. The van der Waals surface area contributed by atoms with Crippen LogP contribution in [-0.2, 0) is 11.8 Å². The van der Waals surface area contributed by atoms with E-state index < -0.39 is 5.97 Å². The molecule has 0 atom stereocenters. The number of carbonyl (C=O) groups is 1. The first-order valence-electron chi connectivity index (χ1n) is 7.14. The van der Waals surface area contributed by atoms with Crippen molar-refractivity contribution >= 4 is 16.9 Å². The van der Waals surface area contributed by atoms with Crippen molar-refractivity contribution in [3.05, 3.63) is 34.5 Å². The van der Waals surface area contributed by atoms with Crippen LogP contribution in [0, 0.1) is 6.92 Å². The lowest BCUT2D eigenvalue weighted by Gasteiger charge is -2.20. The van der Waals surface area contributed by atoms with Crippen molar-refractivity contribution in [2.45, 2.75) is 52.9 Å². The zero-order valence-corrected chi connectivity index (χ0v) is 12.9. The van der Waals surface area contributed by atoms with E-state index in [0.29, 0.717) is 5.56 Å². The van der Waals surface area contributed by atoms with Gasteiger partial charge in [-0.2, -0.15) is 0 Å². The molecule has 0 radical (unpaired) electrons. The van der Waals surface area contributed by atoms with Gasteiger partial charge in [0.25, 0.3) is 0 Å². The van der Waals surface area contributed by atoms with Crippen LogP contribution in [0.5, 0.6) is 0 Å². The number of aryl methyl sites for hydroxylation is 2. The fourth-order valence-electron chi connectivity index (χ4n) is 2.65. The van der Waals surface area contributed by atoms with Crippen molar-refractivity contribution in [2.24, 2.45) is 0 Å². The van der Waals surface area contributed by atoms with Gasteiger partial charge in [0.15, 0.2) is 0 Å². The summed E-state index contributed by atoms with van der Waals surface area (Å²) in [5.41, 5.74) is 4.46. The lowest BCUT2D eigenvalue weighted by Crippen LogP contribution is -2.12. The summed E-state index contributed by atoms with van der Waals surface area (Å²) >= 11 is 0. The number of fused-ring (bicyclic) bond motifs is 1. The van der Waals surface area contributed by atoms with Crippen LogP contribution in [-0.4, -0.2) is 16.1 Å². The number of hydrogen-bond acceptors (Lipinski definition) is 1. The summed E-state index contributed by atoms with van der Waals surface area (Å²) in [6.07, 6.45) is 2.02. The summed E-state index contributed by atoms with van der Waals surface area (Å²) < 4.78 is 0. The van der Waals surface area contributed by atoms with Gasteiger partial charge in [-0.25, -0.2) is 4.79 Å². The highest BCUT2D eigenvalue weighted by atomic mass is 16.4. The van der Waals surface area contributed by atoms with E-state index >= 15 is 0 Å². The summed E-state index contributed by atoms with van der Waals surface area (Å²) in [6.45, 7) is 10.5. The van der Waals surface area contributed by atoms with Crippen molar-refractivity contribution < 1.29 is 9.90 Å². The zero-order chi connectivity index (χ0) is 15.1. The minimum Gasteiger partial charge on any atom is -0.478 e. The summed E-state index contributed by atoms with van der Waals surface area (Å²) in [7, 11) is 0. The standard InChI is InChI=1S/C17H23NO2/c1-6-7-12-10(2)18-15-13(12)8-11(17(3,4)5)9-14(15)16(19)20/h8-9,18H,6-7H2,1-5H3,(H,19,20). The topological polar surface area (TPSA) is 53.1 Å². The van der Waals surface area contributed by atoms with E-state index in [1.54, 1.807) is 6.07 Å². The third-order valence-electron chi connectivity index (χ3n) is 3.83. The highest BCUT2D eigenvalue weighted by Crippen LogP contribution is 2.32. The number of aromatic nitrogens is 1. The number of H-pyrrole nitrogens is 1. The van der Waals surface area contributed by atoms with Crippen LogP contribution >= 0.6 is 0 Å². The van der Waals surface area contributed by atoms with Gasteiger partial charge in [0.2, 0.25) is 0 Å². The Morgan fingerprint density at radius 2 is 1.95 bits per heavy atom. The van der Waals surface area contributed by atoms with Gasteiger partial charge in [0, 0.05) is 11.1 Å². The summed E-state index contributed by atoms with van der Waals surface area (Å²) in [5, 5.41) is 10.5.